The van der Waals surface area contributed by atoms with Crippen LogP contribution in [0.5, 0.6) is 5.75 Å². The molecule has 2 aliphatic rings. The molecule has 1 saturated carbocycles. The maximum Gasteiger partial charge on any atom is 0.573 e. The van der Waals surface area contributed by atoms with Crippen LogP contribution < -0.4 is 15.4 Å². The highest BCUT2D eigenvalue weighted by molar-refractivity contribution is 9.11. The van der Waals surface area contributed by atoms with Crippen LogP contribution in [0.15, 0.2) is 50.0 Å². The van der Waals surface area contributed by atoms with Crippen molar-refractivity contribution in [1.82, 2.24) is 9.97 Å². The molecule has 0 unspecified atom stereocenters. The van der Waals surface area contributed by atoms with E-state index in [4.69, 9.17) is 0 Å². The van der Waals surface area contributed by atoms with E-state index in [0.717, 1.165) is 5.84 Å². The minimum atomic E-state index is -4.75. The number of hydrogen-bond acceptors (Lipinski definition) is 6. The first-order valence-corrected chi connectivity index (χ1v) is 10.2. The first-order chi connectivity index (χ1) is 13.8. The third kappa shape index (κ3) is 5.27. The lowest BCUT2D eigenvalue weighted by atomic mass is 10.2. The Balaban J connectivity index is 1.48. The summed E-state index contributed by atoms with van der Waals surface area (Å²) >= 11 is 6.63. The normalized spacial score (nSPS) is 16.3. The molecule has 2 heterocycles. The van der Waals surface area contributed by atoms with Crippen LogP contribution in [-0.2, 0) is 0 Å². The second kappa shape index (κ2) is 7.94. The zero-order valence-electron chi connectivity index (χ0n) is 14.7. The first-order valence-electron chi connectivity index (χ1n) is 8.63. The highest BCUT2D eigenvalue weighted by Crippen LogP contribution is 2.38. The van der Waals surface area contributed by atoms with Gasteiger partial charge in [-0.3, -0.25) is 4.99 Å². The van der Waals surface area contributed by atoms with Gasteiger partial charge in [-0.2, -0.15) is 4.98 Å². The van der Waals surface area contributed by atoms with Crippen molar-refractivity contribution in [2.75, 3.05) is 17.2 Å². The van der Waals surface area contributed by atoms with Gasteiger partial charge in [0.15, 0.2) is 5.82 Å². The average Bonchev–Trinajstić information content (AvgIpc) is 3.38. The second-order valence-corrected chi connectivity index (χ2v) is 8.23. The van der Waals surface area contributed by atoms with Gasteiger partial charge in [-0.1, -0.05) is 0 Å². The van der Waals surface area contributed by atoms with Gasteiger partial charge in [-0.25, -0.2) is 4.98 Å². The quantitative estimate of drug-likeness (QED) is 0.509. The summed E-state index contributed by atoms with van der Waals surface area (Å²) in [7, 11) is 0. The number of hydrogen-bond donors (Lipinski definition) is 2. The van der Waals surface area contributed by atoms with Crippen LogP contribution >= 0.6 is 31.9 Å². The Hall–Kier alpha value is -2.14. The molecular formula is C18H14Br2F3N5O. The number of benzene rings is 1. The number of amidine groups is 1. The molecule has 0 amide bonds. The first kappa shape index (κ1) is 20.1. The maximum absolute atomic E-state index is 12.3. The van der Waals surface area contributed by atoms with E-state index < -0.39 is 6.36 Å². The molecular weight excluding hydrogens is 519 g/mol. The van der Waals surface area contributed by atoms with Crippen molar-refractivity contribution in [1.29, 1.82) is 0 Å². The second-order valence-electron chi connectivity index (χ2n) is 6.52. The Morgan fingerprint density at radius 1 is 1.10 bits per heavy atom. The lowest BCUT2D eigenvalue weighted by Crippen LogP contribution is -2.17. The summed E-state index contributed by atoms with van der Waals surface area (Å²) in [6, 6.07) is 3.86. The van der Waals surface area contributed by atoms with E-state index in [9.17, 15) is 13.2 Å². The van der Waals surface area contributed by atoms with Crippen LogP contribution in [-0.4, -0.2) is 28.7 Å². The summed E-state index contributed by atoms with van der Waals surface area (Å²) in [4.78, 5) is 13.1. The number of ether oxygens (including phenoxy) is 1. The SMILES string of the molecule is FC(F)(F)Oc1ccc(Nc2ncc(Br)c(NC3=NCC(C4CC4)=C3)n2)c(Br)c1. The lowest BCUT2D eigenvalue weighted by molar-refractivity contribution is -0.274. The van der Waals surface area contributed by atoms with Crippen LogP contribution in [0.2, 0.25) is 0 Å². The number of halogens is 5. The van der Waals surface area contributed by atoms with Crippen LogP contribution in [0.4, 0.5) is 30.6 Å². The number of aromatic nitrogens is 2. The van der Waals surface area contributed by atoms with Crippen LogP contribution in [0.25, 0.3) is 0 Å². The molecule has 0 atom stereocenters. The van der Waals surface area contributed by atoms with Gasteiger partial charge in [-0.15, -0.1) is 13.2 Å². The highest BCUT2D eigenvalue weighted by Gasteiger charge is 2.31. The van der Waals surface area contributed by atoms with E-state index in [1.807, 2.05) is 0 Å². The lowest BCUT2D eigenvalue weighted by Gasteiger charge is -2.13. The van der Waals surface area contributed by atoms with E-state index in [1.54, 1.807) is 6.20 Å². The van der Waals surface area contributed by atoms with Crippen molar-refractivity contribution in [2.24, 2.45) is 10.9 Å². The molecule has 0 radical (unpaired) electrons. The summed E-state index contributed by atoms with van der Waals surface area (Å²) in [5.41, 5.74) is 1.82. The van der Waals surface area contributed by atoms with E-state index in [1.165, 1.54) is 36.6 Å². The number of anilines is 3. The van der Waals surface area contributed by atoms with Crippen molar-refractivity contribution in [2.45, 2.75) is 19.2 Å². The summed E-state index contributed by atoms with van der Waals surface area (Å²) in [5, 5.41) is 6.15. The van der Waals surface area contributed by atoms with Crippen molar-refractivity contribution in [3.63, 3.8) is 0 Å². The Morgan fingerprint density at radius 2 is 1.90 bits per heavy atom. The van der Waals surface area contributed by atoms with Gasteiger partial charge in [0.2, 0.25) is 5.95 Å². The molecule has 0 saturated heterocycles. The number of nitrogens with one attached hydrogen (secondary N) is 2. The third-order valence-electron chi connectivity index (χ3n) is 4.27. The van der Waals surface area contributed by atoms with E-state index in [0.29, 0.717) is 32.9 Å². The predicted molar refractivity (Wildman–Crippen MR) is 111 cm³/mol. The molecule has 1 aliphatic carbocycles. The minimum absolute atomic E-state index is 0.269. The van der Waals surface area contributed by atoms with Crippen molar-refractivity contribution in [3.05, 3.63) is 45.0 Å². The molecule has 0 spiro atoms. The summed E-state index contributed by atoms with van der Waals surface area (Å²) in [6.07, 6.45) is 1.33. The molecule has 4 rings (SSSR count). The van der Waals surface area contributed by atoms with Crippen molar-refractivity contribution >= 4 is 55.1 Å². The van der Waals surface area contributed by atoms with Gasteiger partial charge in [0.25, 0.3) is 0 Å². The number of aliphatic imine (C=N–C) groups is 1. The Bertz CT molecular complexity index is 1010. The molecule has 2 N–H and O–H groups in total. The Kier molecular flexibility index (Phi) is 5.52. The zero-order chi connectivity index (χ0) is 20.6. The smallest absolute Gasteiger partial charge is 0.406 e. The average molecular weight is 533 g/mol. The topological polar surface area (TPSA) is 71.4 Å². The van der Waals surface area contributed by atoms with Gasteiger partial charge in [0.1, 0.15) is 11.6 Å². The maximum atomic E-state index is 12.3. The van der Waals surface area contributed by atoms with Crippen LogP contribution in [0.1, 0.15) is 12.8 Å². The molecule has 2 aromatic rings. The summed E-state index contributed by atoms with van der Waals surface area (Å²) < 4.78 is 42.0. The van der Waals surface area contributed by atoms with Crippen LogP contribution in [0.3, 0.4) is 0 Å². The fourth-order valence-corrected chi connectivity index (χ4v) is 3.52. The van der Waals surface area contributed by atoms with E-state index in [2.05, 4.69) is 68.3 Å². The Morgan fingerprint density at radius 3 is 2.59 bits per heavy atom. The van der Waals surface area contributed by atoms with Crippen molar-refractivity contribution in [3.8, 4) is 5.75 Å². The fourth-order valence-electron chi connectivity index (χ4n) is 2.77. The molecule has 1 aromatic heterocycles. The summed E-state index contributed by atoms with van der Waals surface area (Å²) in [5.74, 6) is 1.87. The summed E-state index contributed by atoms with van der Waals surface area (Å²) in [6.45, 7) is 0.708. The monoisotopic (exact) mass is 531 g/mol. The van der Waals surface area contributed by atoms with Crippen LogP contribution in [0, 0.1) is 5.92 Å². The molecule has 152 valence electrons. The number of rotatable bonds is 5. The molecule has 1 aromatic carbocycles. The standard InChI is InChI=1S/C18H14Br2F3N5O/c19-12-6-11(29-18(21,22)23)3-4-14(12)26-17-25-8-13(20)16(28-17)27-15-5-10(7-24-15)9-1-2-9/h3-6,8-9H,1-2,7H2,(H2,24,25,26,27,28). The Labute approximate surface area is 180 Å². The predicted octanol–water partition coefficient (Wildman–Crippen LogP) is 5.80. The molecule has 1 aliphatic heterocycles. The molecule has 11 heteroatoms. The third-order valence-corrected chi connectivity index (χ3v) is 5.50. The molecule has 1 fully saturated rings. The minimum Gasteiger partial charge on any atom is -0.406 e. The highest BCUT2D eigenvalue weighted by atomic mass is 79.9. The van der Waals surface area contributed by atoms with E-state index in [-0.39, 0.29) is 11.7 Å². The molecule has 6 nitrogen and oxygen atoms in total. The number of alkyl halides is 3. The zero-order valence-corrected chi connectivity index (χ0v) is 17.9. The number of nitrogens with zero attached hydrogens (tertiary/aromatic N) is 3. The van der Waals surface area contributed by atoms with Gasteiger partial charge in [0, 0.05) is 10.7 Å². The largest absolute Gasteiger partial charge is 0.573 e. The van der Waals surface area contributed by atoms with Gasteiger partial charge in [-0.05, 0) is 80.5 Å². The van der Waals surface area contributed by atoms with Gasteiger partial charge >= 0.3 is 6.36 Å². The van der Waals surface area contributed by atoms with Gasteiger partial charge < -0.3 is 15.4 Å². The van der Waals surface area contributed by atoms with Gasteiger partial charge in [0.05, 0.1) is 16.7 Å². The molecule has 29 heavy (non-hydrogen) atoms. The fraction of sp³-hybridized carbons (Fsp3) is 0.278. The van der Waals surface area contributed by atoms with E-state index >= 15 is 0 Å². The molecule has 0 bridgehead atoms. The van der Waals surface area contributed by atoms with Crippen molar-refractivity contribution < 1.29 is 17.9 Å².